The Morgan fingerprint density at radius 2 is 1.68 bits per heavy atom. The van der Waals surface area contributed by atoms with Crippen molar-refractivity contribution in [3.8, 4) is 0 Å². The molecule has 0 radical (unpaired) electrons. The van der Waals surface area contributed by atoms with Crippen LogP contribution in [0.15, 0.2) is 35.2 Å². The summed E-state index contributed by atoms with van der Waals surface area (Å²) in [6.07, 6.45) is 4.92. The lowest BCUT2D eigenvalue weighted by atomic mass is 9.85. The first-order valence-corrected chi connectivity index (χ1v) is 12.1. The summed E-state index contributed by atoms with van der Waals surface area (Å²) in [7, 11) is -3.66. The van der Waals surface area contributed by atoms with Crippen molar-refractivity contribution in [2.24, 2.45) is 11.8 Å². The molecular weight excluding hydrogens is 418 g/mol. The van der Waals surface area contributed by atoms with Crippen LogP contribution in [0.3, 0.4) is 0 Å². The molecule has 31 heavy (non-hydrogen) atoms. The average molecular weight is 448 g/mol. The zero-order chi connectivity index (χ0) is 22.8. The van der Waals surface area contributed by atoms with E-state index in [2.05, 4.69) is 5.32 Å². The number of nitrogens with zero attached hydrogens (tertiary/aromatic N) is 2. The lowest BCUT2D eigenvalue weighted by Crippen LogP contribution is -2.34. The largest absolute Gasteiger partial charge is 0.326 e. The summed E-state index contributed by atoms with van der Waals surface area (Å²) in [5.41, 5.74) is 0.952. The van der Waals surface area contributed by atoms with Crippen LogP contribution in [0.5, 0.6) is 0 Å². The monoisotopic (exact) mass is 447 g/mol. The van der Waals surface area contributed by atoms with Crippen molar-refractivity contribution in [1.29, 1.82) is 0 Å². The third kappa shape index (κ3) is 4.57. The van der Waals surface area contributed by atoms with Gasteiger partial charge in [0, 0.05) is 31.7 Å². The zero-order valence-corrected chi connectivity index (χ0v) is 18.9. The van der Waals surface area contributed by atoms with E-state index in [-0.39, 0.29) is 47.4 Å². The molecule has 0 bridgehead atoms. The number of allylic oxidation sites excluding steroid dienone is 2. The van der Waals surface area contributed by atoms with E-state index in [1.54, 1.807) is 32.9 Å². The first-order chi connectivity index (χ1) is 14.7. The number of imide groups is 1. The summed E-state index contributed by atoms with van der Waals surface area (Å²) in [5.74, 6) is -1.44. The molecule has 1 N–H and O–H groups in total. The van der Waals surface area contributed by atoms with Gasteiger partial charge in [-0.2, -0.15) is 4.31 Å². The molecule has 8 nitrogen and oxygen atoms in total. The average Bonchev–Trinajstić information content (AvgIpc) is 2.99. The van der Waals surface area contributed by atoms with Gasteiger partial charge in [-0.1, -0.05) is 32.1 Å². The standard InChI is InChI=1S/C22H29N3O5S/c1-4-24(5-2)31(29,30)19-14-16(11-10-15(19)3)23-20(26)12-13-25-21(27)17-8-6-7-9-18(17)22(25)28/h6-7,10-11,14,17-18H,4-5,8-9,12-13H2,1-3H3,(H,23,26). The molecule has 9 heteroatoms. The molecule has 2 atom stereocenters. The predicted molar refractivity (Wildman–Crippen MR) is 117 cm³/mol. The van der Waals surface area contributed by atoms with E-state index < -0.39 is 10.0 Å². The third-order valence-electron chi connectivity index (χ3n) is 5.96. The normalized spacial score (nSPS) is 21.0. The number of carbonyl (C=O) groups is 3. The number of benzene rings is 1. The molecule has 1 saturated heterocycles. The first-order valence-electron chi connectivity index (χ1n) is 10.6. The van der Waals surface area contributed by atoms with Gasteiger partial charge in [0.25, 0.3) is 0 Å². The highest BCUT2D eigenvalue weighted by Gasteiger charge is 2.46. The quantitative estimate of drug-likeness (QED) is 0.486. The fourth-order valence-electron chi connectivity index (χ4n) is 4.18. The summed E-state index contributed by atoms with van der Waals surface area (Å²) < 4.78 is 27.1. The molecule has 1 aliphatic heterocycles. The predicted octanol–water partition coefficient (Wildman–Crippen LogP) is 2.31. The second kappa shape index (κ2) is 9.32. The number of rotatable bonds is 8. The molecule has 1 aromatic carbocycles. The topological polar surface area (TPSA) is 104 Å². The zero-order valence-electron chi connectivity index (χ0n) is 18.1. The number of nitrogens with one attached hydrogen (secondary N) is 1. The second-order valence-electron chi connectivity index (χ2n) is 7.85. The maximum Gasteiger partial charge on any atom is 0.243 e. The van der Waals surface area contributed by atoms with Crippen molar-refractivity contribution < 1.29 is 22.8 Å². The number of hydrogen-bond acceptors (Lipinski definition) is 5. The Morgan fingerprint density at radius 3 is 2.23 bits per heavy atom. The number of amides is 3. The smallest absolute Gasteiger partial charge is 0.243 e. The van der Waals surface area contributed by atoms with Gasteiger partial charge in [0.05, 0.1) is 16.7 Å². The Morgan fingerprint density at radius 1 is 1.10 bits per heavy atom. The van der Waals surface area contributed by atoms with Crippen LogP contribution in [0.2, 0.25) is 0 Å². The van der Waals surface area contributed by atoms with Crippen molar-refractivity contribution in [3.63, 3.8) is 0 Å². The Bertz CT molecular complexity index is 988. The number of fused-ring (bicyclic) bond motifs is 1. The highest BCUT2D eigenvalue weighted by molar-refractivity contribution is 7.89. The van der Waals surface area contributed by atoms with Crippen molar-refractivity contribution in [3.05, 3.63) is 35.9 Å². The molecule has 1 aromatic rings. The van der Waals surface area contributed by atoms with Gasteiger partial charge in [-0.3, -0.25) is 19.3 Å². The number of anilines is 1. The Balaban J connectivity index is 1.66. The lowest BCUT2D eigenvalue weighted by molar-refractivity contribution is -0.140. The summed E-state index contributed by atoms with van der Waals surface area (Å²) in [6, 6.07) is 4.74. The molecule has 2 unspecified atom stereocenters. The molecule has 3 amide bonds. The summed E-state index contributed by atoms with van der Waals surface area (Å²) in [4.78, 5) is 38.8. The number of sulfonamides is 1. The Hall–Kier alpha value is -2.52. The van der Waals surface area contributed by atoms with E-state index in [0.717, 1.165) is 0 Å². The van der Waals surface area contributed by atoms with Gasteiger partial charge in [0.1, 0.15) is 0 Å². The molecule has 1 fully saturated rings. The van der Waals surface area contributed by atoms with Gasteiger partial charge in [0.15, 0.2) is 0 Å². The highest BCUT2D eigenvalue weighted by Crippen LogP contribution is 2.35. The number of aryl methyl sites for hydroxylation is 1. The fraction of sp³-hybridized carbons (Fsp3) is 0.500. The van der Waals surface area contributed by atoms with Gasteiger partial charge in [-0.25, -0.2) is 8.42 Å². The van der Waals surface area contributed by atoms with Crippen LogP contribution < -0.4 is 5.32 Å². The number of likely N-dealkylation sites (tertiary alicyclic amines) is 1. The molecule has 1 heterocycles. The minimum atomic E-state index is -3.66. The van der Waals surface area contributed by atoms with Crippen LogP contribution in [-0.2, 0) is 24.4 Å². The van der Waals surface area contributed by atoms with E-state index >= 15 is 0 Å². The Kier molecular flexibility index (Phi) is 6.96. The number of hydrogen-bond donors (Lipinski definition) is 1. The van der Waals surface area contributed by atoms with E-state index in [1.807, 2.05) is 12.2 Å². The highest BCUT2D eigenvalue weighted by atomic mass is 32.2. The van der Waals surface area contributed by atoms with Gasteiger partial charge >= 0.3 is 0 Å². The maximum atomic E-state index is 12.9. The van der Waals surface area contributed by atoms with Crippen molar-refractivity contribution in [1.82, 2.24) is 9.21 Å². The van der Waals surface area contributed by atoms with Crippen molar-refractivity contribution in [2.75, 3.05) is 25.0 Å². The second-order valence-corrected chi connectivity index (χ2v) is 9.76. The fourth-order valence-corrected chi connectivity index (χ4v) is 5.89. The van der Waals surface area contributed by atoms with Crippen molar-refractivity contribution >= 4 is 33.4 Å². The maximum absolute atomic E-state index is 12.9. The summed E-state index contributed by atoms with van der Waals surface area (Å²) in [5, 5.41) is 2.69. The van der Waals surface area contributed by atoms with Gasteiger partial charge in [-0.05, 0) is 37.5 Å². The lowest BCUT2D eigenvalue weighted by Gasteiger charge is -2.20. The van der Waals surface area contributed by atoms with Gasteiger partial charge in [-0.15, -0.1) is 0 Å². The molecule has 168 valence electrons. The van der Waals surface area contributed by atoms with Crippen LogP contribution in [0.1, 0.15) is 38.7 Å². The number of carbonyl (C=O) groups excluding carboxylic acids is 3. The van der Waals surface area contributed by atoms with E-state index in [9.17, 15) is 22.8 Å². The molecule has 0 saturated carbocycles. The summed E-state index contributed by atoms with van der Waals surface area (Å²) in [6.45, 7) is 5.98. The van der Waals surface area contributed by atoms with E-state index in [1.165, 1.54) is 15.3 Å². The van der Waals surface area contributed by atoms with Gasteiger partial charge in [0.2, 0.25) is 27.7 Å². The molecule has 3 rings (SSSR count). The third-order valence-corrected chi connectivity index (χ3v) is 8.15. The molecule has 0 spiro atoms. The minimum absolute atomic E-state index is 0.0208. The molecule has 1 aliphatic carbocycles. The SMILES string of the molecule is CCN(CC)S(=O)(=O)c1cc(NC(=O)CCN2C(=O)C3CC=CCC3C2=O)ccc1C. The van der Waals surface area contributed by atoms with Crippen LogP contribution in [0, 0.1) is 18.8 Å². The van der Waals surface area contributed by atoms with E-state index in [0.29, 0.717) is 37.2 Å². The minimum Gasteiger partial charge on any atom is -0.326 e. The van der Waals surface area contributed by atoms with Crippen molar-refractivity contribution in [2.45, 2.75) is 44.9 Å². The Labute approximate surface area is 183 Å². The summed E-state index contributed by atoms with van der Waals surface area (Å²) >= 11 is 0. The molecular formula is C22H29N3O5S. The van der Waals surface area contributed by atoms with Crippen LogP contribution in [-0.4, -0.2) is 55.0 Å². The van der Waals surface area contributed by atoms with Crippen LogP contribution in [0.4, 0.5) is 5.69 Å². The van der Waals surface area contributed by atoms with Crippen LogP contribution in [0.25, 0.3) is 0 Å². The molecule has 2 aliphatic rings. The molecule has 0 aromatic heterocycles. The van der Waals surface area contributed by atoms with Crippen LogP contribution >= 0.6 is 0 Å². The first kappa shape index (κ1) is 23.1. The van der Waals surface area contributed by atoms with Gasteiger partial charge < -0.3 is 5.32 Å². The van der Waals surface area contributed by atoms with E-state index in [4.69, 9.17) is 0 Å².